The summed E-state index contributed by atoms with van der Waals surface area (Å²) >= 11 is 1.63. The molecule has 0 N–H and O–H groups in total. The predicted octanol–water partition coefficient (Wildman–Crippen LogP) is 6.86. The Kier molecular flexibility index (Phi) is 5.83. The molecule has 39 heavy (non-hydrogen) atoms. The van der Waals surface area contributed by atoms with Crippen LogP contribution in [0.2, 0.25) is 0 Å². The van der Waals surface area contributed by atoms with Crippen molar-refractivity contribution in [1.82, 2.24) is 24.5 Å². The van der Waals surface area contributed by atoms with Gasteiger partial charge in [-0.2, -0.15) is 5.10 Å². The molecule has 1 aliphatic heterocycles. The largest absolute Gasteiger partial charge is 0.573 e. The molecule has 12 heteroatoms. The Bertz CT molecular complexity index is 1590. The maximum absolute atomic E-state index is 13.1. The smallest absolute Gasteiger partial charge is 0.444 e. The standard InChI is InChI=1S/C27H28F3N5O3S/c1-15-14-35-23(32-15)20(37-27(28,29)30)10-18(33-35)17-9-22-19(31-13-17)11-21(39-22)16-5-8-34(26(12-16)6-7-26)24(36)38-25(2,3)4/h9-11,13-14,16H,5-8,12H2,1-4H3. The molecule has 8 nitrogen and oxygen atoms in total. The van der Waals surface area contributed by atoms with E-state index in [4.69, 9.17) is 4.74 Å². The third-order valence-corrected chi connectivity index (χ3v) is 8.40. The minimum absolute atomic E-state index is 0.00671. The molecule has 1 aliphatic carbocycles. The van der Waals surface area contributed by atoms with E-state index in [0.717, 1.165) is 35.9 Å². The Hall–Kier alpha value is -3.41. The number of likely N-dealkylation sites (tertiary alicyclic amines) is 1. The highest BCUT2D eigenvalue weighted by Crippen LogP contribution is 2.53. The summed E-state index contributed by atoms with van der Waals surface area (Å²) < 4.78 is 51.4. The summed E-state index contributed by atoms with van der Waals surface area (Å²) in [6.45, 7) is 7.96. The molecule has 1 saturated heterocycles. The van der Waals surface area contributed by atoms with E-state index >= 15 is 0 Å². The molecule has 1 unspecified atom stereocenters. The van der Waals surface area contributed by atoms with Gasteiger partial charge < -0.3 is 14.4 Å². The lowest BCUT2D eigenvalue weighted by Gasteiger charge is -2.40. The zero-order valence-electron chi connectivity index (χ0n) is 22.0. The first-order valence-electron chi connectivity index (χ1n) is 12.8. The van der Waals surface area contributed by atoms with E-state index in [2.05, 4.69) is 25.9 Å². The van der Waals surface area contributed by atoms with Crippen molar-refractivity contribution in [2.75, 3.05) is 6.54 Å². The van der Waals surface area contributed by atoms with Crippen molar-refractivity contribution in [3.63, 3.8) is 0 Å². The number of amides is 1. The van der Waals surface area contributed by atoms with Gasteiger partial charge in [0.05, 0.1) is 27.8 Å². The van der Waals surface area contributed by atoms with Crippen molar-refractivity contribution in [3.8, 4) is 17.0 Å². The number of alkyl halides is 3. The second-order valence-electron chi connectivity index (χ2n) is 11.4. The Morgan fingerprint density at radius 2 is 1.95 bits per heavy atom. The summed E-state index contributed by atoms with van der Waals surface area (Å²) in [6.07, 6.45) is 1.71. The van der Waals surface area contributed by atoms with E-state index in [9.17, 15) is 18.0 Å². The SMILES string of the molecule is Cc1cn2nc(-c3cnc4cc(C5CCN(C(=O)OC(C)(C)C)C6(CC6)C5)sc4c3)cc(OC(F)(F)F)c2n1. The lowest BCUT2D eigenvalue weighted by Crippen LogP contribution is -2.49. The minimum Gasteiger partial charge on any atom is -0.444 e. The first kappa shape index (κ1) is 25.8. The molecular formula is C27H28F3N5O3S. The molecule has 2 fully saturated rings. The molecule has 4 aromatic heterocycles. The van der Waals surface area contributed by atoms with Crippen LogP contribution in [0.4, 0.5) is 18.0 Å². The number of carbonyl (C=O) groups excluding carboxylic acids is 1. The lowest BCUT2D eigenvalue weighted by molar-refractivity contribution is -0.274. The number of pyridine rings is 1. The van der Waals surface area contributed by atoms with Gasteiger partial charge in [0.2, 0.25) is 0 Å². The Morgan fingerprint density at radius 3 is 2.64 bits per heavy atom. The average Bonchev–Trinajstić information content (AvgIpc) is 3.27. The number of nitrogens with zero attached hydrogens (tertiary/aromatic N) is 5. The van der Waals surface area contributed by atoms with Gasteiger partial charge in [-0.1, -0.05) is 0 Å². The van der Waals surface area contributed by atoms with Gasteiger partial charge in [-0.25, -0.2) is 14.3 Å². The molecule has 206 valence electrons. The number of ether oxygens (including phenoxy) is 2. The molecule has 1 saturated carbocycles. The Balaban J connectivity index is 1.27. The summed E-state index contributed by atoms with van der Waals surface area (Å²) in [5.74, 6) is -0.122. The maximum atomic E-state index is 13.1. The third kappa shape index (κ3) is 5.13. The number of aromatic nitrogens is 4. The summed E-state index contributed by atoms with van der Waals surface area (Å²) in [4.78, 5) is 24.6. The topological polar surface area (TPSA) is 81.9 Å². The second-order valence-corrected chi connectivity index (χ2v) is 12.5. The average molecular weight is 560 g/mol. The molecule has 4 aromatic rings. The monoisotopic (exact) mass is 559 g/mol. The fraction of sp³-hybridized carbons (Fsp3) is 0.481. The highest BCUT2D eigenvalue weighted by molar-refractivity contribution is 7.19. The van der Waals surface area contributed by atoms with Crippen LogP contribution in [0.5, 0.6) is 5.75 Å². The van der Waals surface area contributed by atoms with Crippen molar-refractivity contribution in [1.29, 1.82) is 0 Å². The number of hydrogen-bond donors (Lipinski definition) is 0. The predicted molar refractivity (Wildman–Crippen MR) is 140 cm³/mol. The van der Waals surface area contributed by atoms with E-state index in [1.54, 1.807) is 30.7 Å². The van der Waals surface area contributed by atoms with Crippen molar-refractivity contribution in [3.05, 3.63) is 41.2 Å². The van der Waals surface area contributed by atoms with Crippen LogP contribution in [-0.2, 0) is 4.74 Å². The molecule has 5 heterocycles. The Morgan fingerprint density at radius 1 is 1.18 bits per heavy atom. The van der Waals surface area contributed by atoms with Gasteiger partial charge >= 0.3 is 12.5 Å². The normalized spacial score (nSPS) is 19.2. The van der Waals surface area contributed by atoms with Crippen LogP contribution in [0.1, 0.15) is 62.9 Å². The molecule has 1 spiro atoms. The number of fused-ring (bicyclic) bond motifs is 2. The van der Waals surface area contributed by atoms with Crippen LogP contribution in [0, 0.1) is 6.92 Å². The molecule has 2 aliphatic rings. The van der Waals surface area contributed by atoms with Crippen LogP contribution >= 0.6 is 11.3 Å². The number of thiophene rings is 1. The molecule has 6 rings (SSSR count). The van der Waals surface area contributed by atoms with Gasteiger partial charge in [-0.05, 0) is 71.4 Å². The molecule has 0 radical (unpaired) electrons. The van der Waals surface area contributed by atoms with Crippen LogP contribution in [0.3, 0.4) is 0 Å². The Labute approximate surface area is 226 Å². The molecule has 0 bridgehead atoms. The number of piperidine rings is 1. The molecule has 1 amide bonds. The van der Waals surface area contributed by atoms with Crippen molar-refractivity contribution < 1.29 is 27.4 Å². The third-order valence-electron chi connectivity index (χ3n) is 7.17. The number of rotatable bonds is 3. The first-order valence-corrected chi connectivity index (χ1v) is 13.6. The molecule has 1 atom stereocenters. The maximum Gasteiger partial charge on any atom is 0.573 e. The van der Waals surface area contributed by atoms with E-state index in [1.165, 1.54) is 15.5 Å². The van der Waals surface area contributed by atoms with Crippen molar-refractivity contribution in [2.45, 2.75) is 76.8 Å². The quantitative estimate of drug-likeness (QED) is 0.273. The van der Waals surface area contributed by atoms with Gasteiger partial charge in [-0.3, -0.25) is 4.98 Å². The zero-order chi connectivity index (χ0) is 27.7. The van der Waals surface area contributed by atoms with Crippen LogP contribution in [0.25, 0.3) is 27.1 Å². The number of imidazole rings is 1. The van der Waals surface area contributed by atoms with E-state index in [-0.39, 0.29) is 17.3 Å². The van der Waals surface area contributed by atoms with Crippen LogP contribution in [-0.4, -0.2) is 54.6 Å². The summed E-state index contributed by atoms with van der Waals surface area (Å²) in [5.41, 5.74) is 1.54. The van der Waals surface area contributed by atoms with Gasteiger partial charge in [0, 0.05) is 34.8 Å². The highest BCUT2D eigenvalue weighted by atomic mass is 32.1. The van der Waals surface area contributed by atoms with Crippen molar-refractivity contribution in [2.24, 2.45) is 0 Å². The zero-order valence-corrected chi connectivity index (χ0v) is 22.8. The van der Waals surface area contributed by atoms with E-state index in [1.807, 2.05) is 31.7 Å². The highest BCUT2D eigenvalue weighted by Gasteiger charge is 2.54. The van der Waals surface area contributed by atoms with Gasteiger partial charge in [0.15, 0.2) is 11.4 Å². The van der Waals surface area contributed by atoms with Crippen LogP contribution < -0.4 is 4.74 Å². The summed E-state index contributed by atoms with van der Waals surface area (Å²) in [5, 5.41) is 4.46. The molecule has 0 aromatic carbocycles. The first-order chi connectivity index (χ1) is 18.3. The minimum atomic E-state index is -4.86. The number of aryl methyl sites for hydroxylation is 1. The van der Waals surface area contributed by atoms with Gasteiger partial charge in [0.25, 0.3) is 0 Å². The fourth-order valence-electron chi connectivity index (χ4n) is 5.34. The molecular weight excluding hydrogens is 531 g/mol. The van der Waals surface area contributed by atoms with E-state index in [0.29, 0.717) is 29.4 Å². The fourth-order valence-corrected chi connectivity index (χ4v) is 6.53. The second kappa shape index (κ2) is 8.80. The van der Waals surface area contributed by atoms with E-state index < -0.39 is 17.7 Å². The number of carbonyl (C=O) groups is 1. The summed E-state index contributed by atoms with van der Waals surface area (Å²) in [7, 11) is 0. The van der Waals surface area contributed by atoms with Crippen LogP contribution in [0.15, 0.2) is 30.6 Å². The van der Waals surface area contributed by atoms with Crippen molar-refractivity contribution >= 4 is 33.3 Å². The van der Waals surface area contributed by atoms with Gasteiger partial charge in [-0.15, -0.1) is 24.5 Å². The lowest BCUT2D eigenvalue weighted by atomic mass is 9.88. The van der Waals surface area contributed by atoms with Gasteiger partial charge in [0.1, 0.15) is 5.60 Å². The summed E-state index contributed by atoms with van der Waals surface area (Å²) in [6, 6.07) is 5.23. The number of hydrogen-bond acceptors (Lipinski definition) is 7. The number of halogens is 3.